The Balaban J connectivity index is 1.61. The van der Waals surface area contributed by atoms with Gasteiger partial charge in [0.15, 0.2) is 0 Å². The minimum Gasteiger partial charge on any atom is -0.489 e. The van der Waals surface area contributed by atoms with Crippen molar-refractivity contribution >= 4 is 5.78 Å². The Morgan fingerprint density at radius 3 is 2.59 bits per heavy atom. The Morgan fingerprint density at radius 1 is 0.955 bits per heavy atom. The molecule has 1 saturated carbocycles. The molecule has 1 aliphatic rings. The first-order valence-electron chi connectivity index (χ1n) is 8.09. The zero-order valence-corrected chi connectivity index (χ0v) is 12.8. The second-order valence-electron chi connectivity index (χ2n) is 6.03. The third-order valence-electron chi connectivity index (χ3n) is 4.31. The summed E-state index contributed by atoms with van der Waals surface area (Å²) in [4.78, 5) is 12.0. The van der Waals surface area contributed by atoms with Crippen molar-refractivity contribution in [2.45, 2.75) is 38.7 Å². The van der Waals surface area contributed by atoms with E-state index in [1.165, 1.54) is 12.0 Å². The molecule has 0 aliphatic heterocycles. The van der Waals surface area contributed by atoms with Gasteiger partial charge in [0.05, 0.1) is 0 Å². The van der Waals surface area contributed by atoms with Gasteiger partial charge in [-0.3, -0.25) is 4.79 Å². The molecule has 1 unspecified atom stereocenters. The highest BCUT2D eigenvalue weighted by atomic mass is 16.5. The molecule has 0 amide bonds. The van der Waals surface area contributed by atoms with Gasteiger partial charge in [-0.05, 0) is 42.5 Å². The minimum absolute atomic E-state index is 0.207. The average Bonchev–Trinajstić information content (AvgIpc) is 2.57. The second kappa shape index (κ2) is 7.26. The van der Waals surface area contributed by atoms with Crippen LogP contribution in [0.3, 0.4) is 0 Å². The monoisotopic (exact) mass is 294 g/mol. The van der Waals surface area contributed by atoms with E-state index < -0.39 is 0 Å². The van der Waals surface area contributed by atoms with Crippen molar-refractivity contribution in [2.75, 3.05) is 0 Å². The van der Waals surface area contributed by atoms with Gasteiger partial charge in [-0.25, -0.2) is 0 Å². The number of benzene rings is 2. The number of ether oxygens (including phenoxy) is 1. The molecule has 1 atom stereocenters. The lowest BCUT2D eigenvalue weighted by Gasteiger charge is -2.20. The third kappa shape index (κ3) is 3.97. The van der Waals surface area contributed by atoms with E-state index in [0.717, 1.165) is 37.0 Å². The summed E-state index contributed by atoms with van der Waals surface area (Å²) < 4.78 is 5.86. The molecular weight excluding hydrogens is 272 g/mol. The normalized spacial score (nSPS) is 18.2. The number of carbonyl (C=O) groups is 1. The summed E-state index contributed by atoms with van der Waals surface area (Å²) in [5, 5.41) is 0. The first-order chi connectivity index (χ1) is 10.8. The number of Topliss-reactive ketones (excluding diaryl/α,β-unsaturated/α-hetero) is 1. The standard InChI is InChI=1S/C20H22O2/c21-20-12-5-4-10-18(20)13-17-9-6-11-19(14-17)22-15-16-7-2-1-3-8-16/h1-3,6-9,11,14,18H,4-5,10,12-13,15H2. The largest absolute Gasteiger partial charge is 0.489 e. The fourth-order valence-corrected chi connectivity index (χ4v) is 3.06. The van der Waals surface area contributed by atoms with Crippen LogP contribution >= 0.6 is 0 Å². The van der Waals surface area contributed by atoms with Crippen LogP contribution in [0.2, 0.25) is 0 Å². The van der Waals surface area contributed by atoms with E-state index in [2.05, 4.69) is 24.3 Å². The first kappa shape index (κ1) is 14.8. The van der Waals surface area contributed by atoms with Crippen LogP contribution < -0.4 is 4.74 Å². The van der Waals surface area contributed by atoms with Gasteiger partial charge in [0, 0.05) is 12.3 Å². The lowest BCUT2D eigenvalue weighted by Crippen LogP contribution is -2.21. The van der Waals surface area contributed by atoms with E-state index in [4.69, 9.17) is 4.74 Å². The Kier molecular flexibility index (Phi) is 4.89. The molecule has 22 heavy (non-hydrogen) atoms. The van der Waals surface area contributed by atoms with Crippen LogP contribution in [0.1, 0.15) is 36.8 Å². The predicted molar refractivity (Wildman–Crippen MR) is 87.9 cm³/mol. The van der Waals surface area contributed by atoms with E-state index >= 15 is 0 Å². The summed E-state index contributed by atoms with van der Waals surface area (Å²) >= 11 is 0. The fourth-order valence-electron chi connectivity index (χ4n) is 3.06. The van der Waals surface area contributed by atoms with E-state index in [-0.39, 0.29) is 5.92 Å². The predicted octanol–water partition coefficient (Wildman–Crippen LogP) is 4.57. The van der Waals surface area contributed by atoms with Gasteiger partial charge in [0.25, 0.3) is 0 Å². The number of carbonyl (C=O) groups excluding carboxylic acids is 1. The molecule has 1 aliphatic carbocycles. The van der Waals surface area contributed by atoms with Crippen LogP contribution in [0.25, 0.3) is 0 Å². The molecule has 0 heterocycles. The number of hydrogen-bond acceptors (Lipinski definition) is 2. The van der Waals surface area contributed by atoms with Gasteiger partial charge < -0.3 is 4.74 Å². The summed E-state index contributed by atoms with van der Waals surface area (Å²) in [7, 11) is 0. The zero-order chi connectivity index (χ0) is 15.2. The Hall–Kier alpha value is -2.09. The molecule has 0 aromatic heterocycles. The lowest BCUT2D eigenvalue weighted by molar-refractivity contribution is -0.124. The molecule has 2 heteroatoms. The van der Waals surface area contributed by atoms with Crippen molar-refractivity contribution in [3.05, 3.63) is 65.7 Å². The van der Waals surface area contributed by atoms with Crippen LogP contribution in [0.5, 0.6) is 5.75 Å². The molecule has 2 aromatic rings. The Morgan fingerprint density at radius 2 is 1.77 bits per heavy atom. The van der Waals surface area contributed by atoms with Gasteiger partial charge in [-0.2, -0.15) is 0 Å². The van der Waals surface area contributed by atoms with E-state index in [1.54, 1.807) is 0 Å². The van der Waals surface area contributed by atoms with Crippen molar-refractivity contribution in [3.8, 4) is 5.75 Å². The zero-order valence-electron chi connectivity index (χ0n) is 12.8. The van der Waals surface area contributed by atoms with E-state index in [1.807, 2.05) is 30.3 Å². The first-order valence-corrected chi connectivity index (χ1v) is 8.09. The van der Waals surface area contributed by atoms with E-state index in [0.29, 0.717) is 12.4 Å². The smallest absolute Gasteiger partial charge is 0.136 e. The van der Waals surface area contributed by atoms with Crippen LogP contribution in [-0.2, 0) is 17.8 Å². The third-order valence-corrected chi connectivity index (χ3v) is 4.31. The van der Waals surface area contributed by atoms with Crippen molar-refractivity contribution in [1.29, 1.82) is 0 Å². The van der Waals surface area contributed by atoms with Crippen LogP contribution in [-0.4, -0.2) is 5.78 Å². The molecule has 0 N–H and O–H groups in total. The molecule has 1 fully saturated rings. The second-order valence-corrected chi connectivity index (χ2v) is 6.03. The topological polar surface area (TPSA) is 26.3 Å². The maximum absolute atomic E-state index is 12.0. The summed E-state index contributed by atoms with van der Waals surface area (Å²) in [5.74, 6) is 1.52. The SMILES string of the molecule is O=C1CCCCC1Cc1cccc(OCc2ccccc2)c1. The molecule has 0 bridgehead atoms. The Bertz CT molecular complexity index is 619. The summed E-state index contributed by atoms with van der Waals surface area (Å²) in [6, 6.07) is 18.3. The number of rotatable bonds is 5. The molecule has 0 radical (unpaired) electrons. The van der Waals surface area contributed by atoms with Gasteiger partial charge in [0.2, 0.25) is 0 Å². The van der Waals surface area contributed by atoms with Crippen molar-refractivity contribution in [3.63, 3.8) is 0 Å². The maximum atomic E-state index is 12.0. The summed E-state index contributed by atoms with van der Waals surface area (Å²) in [6.07, 6.45) is 4.89. The summed E-state index contributed by atoms with van der Waals surface area (Å²) in [5.41, 5.74) is 2.36. The fraction of sp³-hybridized carbons (Fsp3) is 0.350. The van der Waals surface area contributed by atoms with Crippen LogP contribution in [0, 0.1) is 5.92 Å². The highest BCUT2D eigenvalue weighted by molar-refractivity contribution is 5.81. The Labute approximate surface area is 132 Å². The molecule has 114 valence electrons. The molecule has 3 rings (SSSR count). The highest BCUT2D eigenvalue weighted by Crippen LogP contribution is 2.25. The number of ketones is 1. The van der Waals surface area contributed by atoms with E-state index in [9.17, 15) is 4.79 Å². The molecule has 2 aromatic carbocycles. The molecule has 0 saturated heterocycles. The van der Waals surface area contributed by atoms with Crippen molar-refractivity contribution in [1.82, 2.24) is 0 Å². The highest BCUT2D eigenvalue weighted by Gasteiger charge is 2.22. The summed E-state index contributed by atoms with van der Waals surface area (Å²) in [6.45, 7) is 0.576. The quantitative estimate of drug-likeness (QED) is 0.807. The lowest BCUT2D eigenvalue weighted by atomic mass is 9.84. The van der Waals surface area contributed by atoms with Crippen LogP contribution in [0.15, 0.2) is 54.6 Å². The average molecular weight is 294 g/mol. The maximum Gasteiger partial charge on any atom is 0.136 e. The van der Waals surface area contributed by atoms with Crippen LogP contribution in [0.4, 0.5) is 0 Å². The van der Waals surface area contributed by atoms with Gasteiger partial charge in [0.1, 0.15) is 18.1 Å². The molecule has 0 spiro atoms. The van der Waals surface area contributed by atoms with Gasteiger partial charge in [-0.1, -0.05) is 48.9 Å². The van der Waals surface area contributed by atoms with Gasteiger partial charge >= 0.3 is 0 Å². The number of hydrogen-bond donors (Lipinski definition) is 0. The molecule has 2 nitrogen and oxygen atoms in total. The van der Waals surface area contributed by atoms with Gasteiger partial charge in [-0.15, -0.1) is 0 Å². The van der Waals surface area contributed by atoms with Crippen molar-refractivity contribution in [2.24, 2.45) is 5.92 Å². The van der Waals surface area contributed by atoms with Crippen molar-refractivity contribution < 1.29 is 9.53 Å². The molecular formula is C20H22O2. The minimum atomic E-state index is 0.207.